The first-order valence-corrected chi connectivity index (χ1v) is 8.70. The molecule has 3 heteroatoms. The van der Waals surface area contributed by atoms with Crippen molar-refractivity contribution in [2.24, 2.45) is 0 Å². The molecule has 2 nitrogen and oxygen atoms in total. The van der Waals surface area contributed by atoms with Crippen LogP contribution in [-0.4, -0.2) is 22.6 Å². The second-order valence-corrected chi connectivity index (χ2v) is 6.66. The number of likely N-dealkylation sites (tertiary alicyclic amines) is 1. The Balaban J connectivity index is 2.13. The summed E-state index contributed by atoms with van der Waals surface area (Å²) in [7, 11) is 0. The molecule has 1 atom stereocenters. The van der Waals surface area contributed by atoms with Gasteiger partial charge in [0.1, 0.15) is 0 Å². The van der Waals surface area contributed by atoms with Gasteiger partial charge in [-0.2, -0.15) is 0 Å². The number of para-hydroxylation sites is 1. The molecule has 0 amide bonds. The molecule has 1 heterocycles. The van der Waals surface area contributed by atoms with Crippen molar-refractivity contribution in [2.75, 3.05) is 11.9 Å². The van der Waals surface area contributed by atoms with Crippen molar-refractivity contribution < 1.29 is 0 Å². The lowest BCUT2D eigenvalue weighted by molar-refractivity contribution is 0.311. The highest BCUT2D eigenvalue weighted by molar-refractivity contribution is 7.80. The summed E-state index contributed by atoms with van der Waals surface area (Å²) in [5.74, 6) is 0.502. The summed E-state index contributed by atoms with van der Waals surface area (Å²) < 4.78 is 0. The van der Waals surface area contributed by atoms with Gasteiger partial charge >= 0.3 is 0 Å². The van der Waals surface area contributed by atoms with Crippen LogP contribution < -0.4 is 5.32 Å². The van der Waals surface area contributed by atoms with E-state index in [0.29, 0.717) is 12.0 Å². The molecule has 21 heavy (non-hydrogen) atoms. The maximum absolute atomic E-state index is 5.72. The molecule has 0 aromatic heterocycles. The average molecular weight is 305 g/mol. The molecule has 0 aliphatic carbocycles. The van der Waals surface area contributed by atoms with E-state index in [4.69, 9.17) is 12.2 Å². The smallest absolute Gasteiger partial charge is 0.173 e. The highest BCUT2D eigenvalue weighted by atomic mass is 32.1. The minimum absolute atomic E-state index is 0.502. The molecule has 1 N–H and O–H groups in total. The molecule has 0 bridgehead atoms. The molecule has 2 rings (SSSR count). The molecule has 116 valence electrons. The van der Waals surface area contributed by atoms with Crippen molar-refractivity contribution in [1.29, 1.82) is 0 Å². The van der Waals surface area contributed by atoms with E-state index in [1.165, 1.54) is 37.7 Å². The molecule has 1 fully saturated rings. The van der Waals surface area contributed by atoms with Crippen LogP contribution in [0.4, 0.5) is 5.69 Å². The number of anilines is 1. The van der Waals surface area contributed by atoms with E-state index in [1.54, 1.807) is 0 Å². The highest BCUT2D eigenvalue weighted by Gasteiger charge is 2.22. The van der Waals surface area contributed by atoms with Gasteiger partial charge in [-0.1, -0.05) is 51.8 Å². The fourth-order valence-corrected chi connectivity index (χ4v) is 3.52. The summed E-state index contributed by atoms with van der Waals surface area (Å²) in [4.78, 5) is 2.42. The predicted octanol–water partition coefficient (Wildman–Crippen LogP) is 5.16. The monoisotopic (exact) mass is 304 g/mol. The van der Waals surface area contributed by atoms with Crippen LogP contribution in [0.3, 0.4) is 0 Å². The first-order chi connectivity index (χ1) is 10.1. The van der Waals surface area contributed by atoms with Gasteiger partial charge < -0.3 is 10.2 Å². The molecule has 1 aliphatic rings. The van der Waals surface area contributed by atoms with Gasteiger partial charge in [-0.05, 0) is 49.0 Å². The maximum atomic E-state index is 5.72. The lowest BCUT2D eigenvalue weighted by Crippen LogP contribution is -2.42. The first-order valence-electron chi connectivity index (χ1n) is 8.30. The van der Waals surface area contributed by atoms with Crippen LogP contribution in [0, 0.1) is 0 Å². The van der Waals surface area contributed by atoms with Gasteiger partial charge in [-0.25, -0.2) is 0 Å². The van der Waals surface area contributed by atoms with Gasteiger partial charge in [0, 0.05) is 18.3 Å². The summed E-state index contributed by atoms with van der Waals surface area (Å²) in [6.45, 7) is 7.82. The first kappa shape index (κ1) is 16.3. The van der Waals surface area contributed by atoms with Crippen LogP contribution in [-0.2, 0) is 0 Å². The van der Waals surface area contributed by atoms with E-state index >= 15 is 0 Å². The normalized spacial score (nSPS) is 19.4. The van der Waals surface area contributed by atoms with Crippen LogP contribution in [0.1, 0.15) is 64.4 Å². The van der Waals surface area contributed by atoms with Crippen LogP contribution in [0.5, 0.6) is 0 Å². The number of nitrogens with one attached hydrogen (secondary N) is 1. The van der Waals surface area contributed by atoms with E-state index in [1.807, 2.05) is 0 Å². The second-order valence-electron chi connectivity index (χ2n) is 6.28. The minimum Gasteiger partial charge on any atom is -0.346 e. The summed E-state index contributed by atoms with van der Waals surface area (Å²) in [5, 5.41) is 4.41. The Labute approximate surface area is 134 Å². The van der Waals surface area contributed by atoms with E-state index in [2.05, 4.69) is 55.3 Å². The molecule has 1 aromatic carbocycles. The van der Waals surface area contributed by atoms with Crippen molar-refractivity contribution in [2.45, 2.75) is 64.8 Å². The summed E-state index contributed by atoms with van der Waals surface area (Å²) in [6, 6.07) is 9.11. The number of thiocarbonyl (C=S) groups is 1. The highest BCUT2D eigenvalue weighted by Crippen LogP contribution is 2.25. The van der Waals surface area contributed by atoms with Gasteiger partial charge in [0.05, 0.1) is 0 Å². The SMILES string of the molecule is CCC1CCCCCN1C(=S)Nc1ccccc1C(C)C. The number of nitrogens with zero attached hydrogens (tertiary/aromatic N) is 1. The van der Waals surface area contributed by atoms with E-state index in [0.717, 1.165) is 17.3 Å². The fourth-order valence-electron chi connectivity index (χ4n) is 3.17. The van der Waals surface area contributed by atoms with Crippen LogP contribution in [0.2, 0.25) is 0 Å². The molecular formula is C18H28N2S. The zero-order valence-electron chi connectivity index (χ0n) is 13.6. The topological polar surface area (TPSA) is 15.3 Å². The van der Waals surface area contributed by atoms with Crippen molar-refractivity contribution >= 4 is 23.0 Å². The van der Waals surface area contributed by atoms with Crippen molar-refractivity contribution in [3.63, 3.8) is 0 Å². The fraction of sp³-hybridized carbons (Fsp3) is 0.611. The van der Waals surface area contributed by atoms with Crippen LogP contribution >= 0.6 is 12.2 Å². The second kappa shape index (κ2) is 7.79. The largest absolute Gasteiger partial charge is 0.346 e. The quantitative estimate of drug-likeness (QED) is 0.776. The predicted molar refractivity (Wildman–Crippen MR) is 96.0 cm³/mol. The standard InChI is InChI=1S/C18H28N2S/c1-4-15-10-6-5-9-13-20(15)18(21)19-17-12-8-7-11-16(17)14(2)3/h7-8,11-12,14-15H,4-6,9-10,13H2,1-3H3,(H,19,21). The third-order valence-corrected chi connectivity index (χ3v) is 4.77. The van der Waals surface area contributed by atoms with E-state index in [-0.39, 0.29) is 0 Å². The van der Waals surface area contributed by atoms with Crippen molar-refractivity contribution in [3.05, 3.63) is 29.8 Å². The lowest BCUT2D eigenvalue weighted by Gasteiger charge is -2.32. The molecule has 0 saturated carbocycles. The number of hydrogen-bond acceptors (Lipinski definition) is 1. The Morgan fingerprint density at radius 2 is 2.05 bits per heavy atom. The van der Waals surface area contributed by atoms with E-state index < -0.39 is 0 Å². The Kier molecular flexibility index (Phi) is 6.04. The lowest BCUT2D eigenvalue weighted by atomic mass is 10.0. The van der Waals surface area contributed by atoms with Gasteiger partial charge in [-0.15, -0.1) is 0 Å². The van der Waals surface area contributed by atoms with E-state index in [9.17, 15) is 0 Å². The van der Waals surface area contributed by atoms with Crippen molar-refractivity contribution in [3.8, 4) is 0 Å². The van der Waals surface area contributed by atoms with Crippen LogP contribution in [0.25, 0.3) is 0 Å². The molecule has 1 unspecified atom stereocenters. The number of benzene rings is 1. The zero-order valence-corrected chi connectivity index (χ0v) is 14.4. The van der Waals surface area contributed by atoms with Gasteiger partial charge in [0.2, 0.25) is 0 Å². The Hall–Kier alpha value is -1.09. The minimum atomic E-state index is 0.502. The van der Waals surface area contributed by atoms with Crippen LogP contribution in [0.15, 0.2) is 24.3 Å². The van der Waals surface area contributed by atoms with Gasteiger partial charge in [0.15, 0.2) is 5.11 Å². The Morgan fingerprint density at radius 1 is 1.29 bits per heavy atom. The molecule has 1 saturated heterocycles. The maximum Gasteiger partial charge on any atom is 0.173 e. The Morgan fingerprint density at radius 3 is 2.76 bits per heavy atom. The summed E-state index contributed by atoms with van der Waals surface area (Å²) in [6.07, 6.45) is 6.36. The van der Waals surface area contributed by atoms with Gasteiger partial charge in [0.25, 0.3) is 0 Å². The molecule has 1 aliphatic heterocycles. The number of rotatable bonds is 3. The average Bonchev–Trinajstić information content (AvgIpc) is 2.72. The molecule has 1 aromatic rings. The molecular weight excluding hydrogens is 276 g/mol. The summed E-state index contributed by atoms with van der Waals surface area (Å²) >= 11 is 5.72. The Bertz CT molecular complexity index is 470. The zero-order chi connectivity index (χ0) is 15.2. The molecule has 0 radical (unpaired) electrons. The molecule has 0 spiro atoms. The summed E-state index contributed by atoms with van der Waals surface area (Å²) in [5.41, 5.74) is 2.50. The third-order valence-electron chi connectivity index (χ3n) is 4.43. The number of hydrogen-bond donors (Lipinski definition) is 1. The van der Waals surface area contributed by atoms with Gasteiger partial charge in [-0.3, -0.25) is 0 Å². The third kappa shape index (κ3) is 4.19. The van der Waals surface area contributed by atoms with Crippen molar-refractivity contribution in [1.82, 2.24) is 4.90 Å².